The number of piperidine rings is 1. The number of nitro benzene ring substituents is 1. The Bertz CT molecular complexity index is 1420. The van der Waals surface area contributed by atoms with Gasteiger partial charge in [0.15, 0.2) is 0 Å². The Morgan fingerprint density at radius 3 is 2.29 bits per heavy atom. The predicted molar refractivity (Wildman–Crippen MR) is 141 cm³/mol. The van der Waals surface area contributed by atoms with Gasteiger partial charge in [-0.15, -0.1) is 0 Å². The number of nitrogens with zero attached hydrogens (tertiary/aromatic N) is 3. The van der Waals surface area contributed by atoms with Gasteiger partial charge < -0.3 is 19.9 Å². The van der Waals surface area contributed by atoms with Crippen LogP contribution in [0.15, 0.2) is 60.7 Å². The topological polar surface area (TPSA) is 122 Å². The van der Waals surface area contributed by atoms with Crippen molar-refractivity contribution in [1.29, 1.82) is 0 Å². The summed E-state index contributed by atoms with van der Waals surface area (Å²) in [5.74, 6) is -1.35. The minimum atomic E-state index is -0.917. The zero-order chi connectivity index (χ0) is 26.9. The minimum Gasteiger partial charge on any atom is -0.465 e. The number of rotatable bonds is 4. The first-order valence-electron chi connectivity index (χ1n) is 12.5. The van der Waals surface area contributed by atoms with Gasteiger partial charge in [-0.1, -0.05) is 42.5 Å². The van der Waals surface area contributed by atoms with Gasteiger partial charge in [0.1, 0.15) is 5.56 Å². The number of fused-ring (bicyclic) bond motifs is 1. The number of ether oxygens (including phenoxy) is 1. The van der Waals surface area contributed by atoms with E-state index in [9.17, 15) is 24.5 Å². The van der Waals surface area contributed by atoms with Crippen LogP contribution >= 0.6 is 0 Å². The molecule has 0 unspecified atom stereocenters. The lowest BCUT2D eigenvalue weighted by molar-refractivity contribution is -0.385. The molecule has 0 aliphatic carbocycles. The molecule has 38 heavy (non-hydrogen) atoms. The highest BCUT2D eigenvalue weighted by Crippen LogP contribution is 2.41. The van der Waals surface area contributed by atoms with Crippen LogP contribution in [0.3, 0.4) is 0 Å². The lowest BCUT2D eigenvalue weighted by Crippen LogP contribution is -2.46. The molecule has 0 radical (unpaired) electrons. The molecule has 2 saturated heterocycles. The first-order chi connectivity index (χ1) is 18.3. The molecule has 0 saturated carbocycles. The van der Waals surface area contributed by atoms with Crippen molar-refractivity contribution in [3.8, 4) is 0 Å². The second-order valence-corrected chi connectivity index (χ2v) is 9.87. The number of hydrogen-bond donors (Lipinski definition) is 1. The highest BCUT2D eigenvalue weighted by atomic mass is 16.6. The largest absolute Gasteiger partial charge is 0.465 e. The van der Waals surface area contributed by atoms with Gasteiger partial charge in [-0.3, -0.25) is 14.9 Å². The number of hydrogen-bond acceptors (Lipinski definition) is 6. The number of likely N-dealkylation sites (tertiary alicyclic amines) is 2. The van der Waals surface area contributed by atoms with Crippen LogP contribution in [0, 0.1) is 15.5 Å². The Balaban J connectivity index is 1.25. The van der Waals surface area contributed by atoms with E-state index in [4.69, 9.17) is 4.74 Å². The standard InChI is InChI=1S/C28H28N4O6/c1-38-26(34)24-21(9-5-11-23(24)32(36)37)25(33)31-17-14-28(18-31)12-15-30(16-13-28)27(35)29-22-10-4-7-19-6-2-3-8-20(19)22/h2-11H,12-18H2,1H3,(H,29,35). The predicted octanol–water partition coefficient (Wildman–Crippen LogP) is 4.69. The average Bonchev–Trinajstić information content (AvgIpc) is 3.35. The van der Waals surface area contributed by atoms with E-state index in [2.05, 4.69) is 5.32 Å². The molecule has 2 aliphatic heterocycles. The van der Waals surface area contributed by atoms with Gasteiger partial charge in [-0.25, -0.2) is 9.59 Å². The van der Waals surface area contributed by atoms with E-state index in [-0.39, 0.29) is 22.6 Å². The number of nitrogens with one attached hydrogen (secondary N) is 1. The van der Waals surface area contributed by atoms with Gasteiger partial charge in [0.25, 0.3) is 11.6 Å². The first-order valence-corrected chi connectivity index (χ1v) is 12.5. The molecule has 1 spiro atoms. The molecule has 0 aromatic heterocycles. The van der Waals surface area contributed by atoms with Crippen molar-refractivity contribution >= 4 is 40.1 Å². The van der Waals surface area contributed by atoms with E-state index < -0.39 is 22.5 Å². The number of anilines is 1. The van der Waals surface area contributed by atoms with Gasteiger partial charge in [0.2, 0.25) is 0 Å². The zero-order valence-corrected chi connectivity index (χ0v) is 21.0. The molecule has 10 heteroatoms. The van der Waals surface area contributed by atoms with Crippen LogP contribution < -0.4 is 5.32 Å². The summed E-state index contributed by atoms with van der Waals surface area (Å²) in [5, 5.41) is 16.6. The number of benzene rings is 3. The summed E-state index contributed by atoms with van der Waals surface area (Å²) < 4.78 is 4.73. The summed E-state index contributed by atoms with van der Waals surface area (Å²) in [6, 6.07) is 17.6. The number of esters is 1. The number of nitro groups is 1. The highest BCUT2D eigenvalue weighted by Gasteiger charge is 2.44. The molecule has 3 amide bonds. The molecule has 0 atom stereocenters. The fourth-order valence-corrected chi connectivity index (χ4v) is 5.59. The quantitative estimate of drug-likeness (QED) is 0.305. The fraction of sp³-hybridized carbons (Fsp3) is 0.321. The van der Waals surface area contributed by atoms with E-state index in [0.29, 0.717) is 26.2 Å². The van der Waals surface area contributed by atoms with Gasteiger partial charge in [0.05, 0.1) is 23.3 Å². The van der Waals surface area contributed by atoms with Crippen LogP contribution in [0.25, 0.3) is 10.8 Å². The Labute approximate surface area is 219 Å². The maximum absolute atomic E-state index is 13.4. The number of carbonyl (C=O) groups is 3. The smallest absolute Gasteiger partial charge is 0.345 e. The second kappa shape index (κ2) is 10.1. The van der Waals surface area contributed by atoms with Crippen molar-refractivity contribution in [1.82, 2.24) is 9.80 Å². The summed E-state index contributed by atoms with van der Waals surface area (Å²) in [5.41, 5.74) is -0.190. The van der Waals surface area contributed by atoms with E-state index in [1.165, 1.54) is 18.2 Å². The van der Waals surface area contributed by atoms with Crippen LogP contribution in [-0.4, -0.2) is 65.9 Å². The van der Waals surface area contributed by atoms with Crippen molar-refractivity contribution in [2.75, 3.05) is 38.6 Å². The van der Waals surface area contributed by atoms with E-state index in [1.54, 1.807) is 9.80 Å². The fourth-order valence-electron chi connectivity index (χ4n) is 5.59. The maximum Gasteiger partial charge on any atom is 0.345 e. The summed E-state index contributed by atoms with van der Waals surface area (Å²) in [7, 11) is 1.13. The molecular formula is C28H28N4O6. The average molecular weight is 517 g/mol. The SMILES string of the molecule is COC(=O)c1c(C(=O)N2CCC3(CCN(C(=O)Nc4cccc5ccccc45)CC3)C2)cccc1[N+](=O)[O-]. The molecule has 3 aromatic rings. The van der Waals surface area contributed by atoms with Gasteiger partial charge in [-0.2, -0.15) is 0 Å². The summed E-state index contributed by atoms with van der Waals surface area (Å²) in [6.07, 6.45) is 2.23. The lowest BCUT2D eigenvalue weighted by atomic mass is 9.78. The van der Waals surface area contributed by atoms with Gasteiger partial charge in [-0.05, 0) is 42.2 Å². The molecule has 5 rings (SSSR count). The van der Waals surface area contributed by atoms with Crippen LogP contribution in [0.4, 0.5) is 16.2 Å². The van der Waals surface area contributed by atoms with Crippen LogP contribution in [0.2, 0.25) is 0 Å². The van der Waals surface area contributed by atoms with Crippen molar-refractivity contribution in [2.45, 2.75) is 19.3 Å². The number of carbonyl (C=O) groups excluding carboxylic acids is 3. The molecular weight excluding hydrogens is 488 g/mol. The number of amides is 3. The number of methoxy groups -OCH3 is 1. The minimum absolute atomic E-state index is 0.0324. The van der Waals surface area contributed by atoms with Gasteiger partial charge in [0, 0.05) is 37.6 Å². The maximum atomic E-state index is 13.4. The van der Waals surface area contributed by atoms with E-state index >= 15 is 0 Å². The summed E-state index contributed by atoms with van der Waals surface area (Å²) in [4.78, 5) is 53.0. The van der Waals surface area contributed by atoms with E-state index in [0.717, 1.165) is 42.8 Å². The molecule has 2 aliphatic rings. The molecule has 2 fully saturated rings. The number of urea groups is 1. The van der Waals surface area contributed by atoms with Crippen molar-refractivity contribution in [3.05, 3.63) is 81.9 Å². The molecule has 1 N–H and O–H groups in total. The van der Waals surface area contributed by atoms with Gasteiger partial charge >= 0.3 is 12.0 Å². The van der Waals surface area contributed by atoms with Crippen LogP contribution in [0.1, 0.15) is 40.0 Å². The van der Waals surface area contributed by atoms with Crippen LogP contribution in [-0.2, 0) is 4.74 Å². The Hall–Kier alpha value is -4.47. The van der Waals surface area contributed by atoms with E-state index in [1.807, 2.05) is 42.5 Å². The lowest BCUT2D eigenvalue weighted by Gasteiger charge is -2.39. The normalized spacial score (nSPS) is 16.4. The van der Waals surface area contributed by atoms with Crippen molar-refractivity contribution in [3.63, 3.8) is 0 Å². The second-order valence-electron chi connectivity index (χ2n) is 9.87. The third-order valence-electron chi connectivity index (χ3n) is 7.73. The Morgan fingerprint density at radius 2 is 1.58 bits per heavy atom. The summed E-state index contributed by atoms with van der Waals surface area (Å²) >= 11 is 0. The summed E-state index contributed by atoms with van der Waals surface area (Å²) in [6.45, 7) is 2.06. The molecule has 196 valence electrons. The third-order valence-corrected chi connectivity index (χ3v) is 7.73. The van der Waals surface area contributed by atoms with Crippen LogP contribution in [0.5, 0.6) is 0 Å². The van der Waals surface area contributed by atoms with Crippen molar-refractivity contribution in [2.24, 2.45) is 5.41 Å². The Kier molecular flexibility index (Phi) is 6.71. The molecule has 10 nitrogen and oxygen atoms in total. The third kappa shape index (κ3) is 4.65. The zero-order valence-electron chi connectivity index (χ0n) is 21.0. The molecule has 2 heterocycles. The Morgan fingerprint density at radius 1 is 0.921 bits per heavy atom. The van der Waals surface area contributed by atoms with Crippen molar-refractivity contribution < 1.29 is 24.0 Å². The monoisotopic (exact) mass is 516 g/mol. The first kappa shape index (κ1) is 25.2. The molecule has 0 bridgehead atoms. The highest BCUT2D eigenvalue weighted by molar-refractivity contribution is 6.08. The molecule has 3 aromatic carbocycles.